The van der Waals surface area contributed by atoms with E-state index in [0.29, 0.717) is 6.04 Å². The fraction of sp³-hybridized carbons (Fsp3) is 1.00. The molecule has 2 N–H and O–H groups in total. The number of nitrogens with zero attached hydrogens (tertiary/aromatic N) is 2. The summed E-state index contributed by atoms with van der Waals surface area (Å²) in [6.07, 6.45) is 5.16. The third-order valence-corrected chi connectivity index (χ3v) is 3.32. The minimum absolute atomic E-state index is 0.464. The number of likely N-dealkylation sites (N-methyl/N-ethyl adjacent to an activating group) is 2. The second-order valence-electron chi connectivity index (χ2n) is 5.36. The van der Waals surface area contributed by atoms with E-state index in [9.17, 15) is 0 Å². The van der Waals surface area contributed by atoms with E-state index in [2.05, 4.69) is 30.9 Å². The molecule has 90 valence electrons. The molecular weight excluding hydrogens is 186 g/mol. The van der Waals surface area contributed by atoms with Crippen molar-refractivity contribution < 1.29 is 0 Å². The molecule has 0 radical (unpaired) electrons. The fourth-order valence-electron chi connectivity index (χ4n) is 2.40. The normalized spacial score (nSPS) is 27.6. The van der Waals surface area contributed by atoms with E-state index < -0.39 is 0 Å². The average Bonchev–Trinajstić information content (AvgIpc) is 2.15. The SMILES string of the molecule is CN(C)CCN(C)CC1CCCC(N)C1. The highest BCUT2D eigenvalue weighted by Crippen LogP contribution is 2.23. The molecule has 1 aliphatic rings. The zero-order valence-electron chi connectivity index (χ0n) is 10.6. The van der Waals surface area contributed by atoms with Gasteiger partial charge in [-0.15, -0.1) is 0 Å². The van der Waals surface area contributed by atoms with Crippen molar-refractivity contribution in [3.63, 3.8) is 0 Å². The highest BCUT2D eigenvalue weighted by Gasteiger charge is 2.20. The van der Waals surface area contributed by atoms with Gasteiger partial charge in [-0.25, -0.2) is 0 Å². The Bertz CT molecular complexity index is 170. The molecule has 0 amide bonds. The Morgan fingerprint density at radius 2 is 1.87 bits per heavy atom. The van der Waals surface area contributed by atoms with Gasteiger partial charge in [-0.05, 0) is 46.3 Å². The van der Waals surface area contributed by atoms with Crippen LogP contribution in [0.5, 0.6) is 0 Å². The van der Waals surface area contributed by atoms with Crippen molar-refractivity contribution in [2.45, 2.75) is 31.7 Å². The van der Waals surface area contributed by atoms with Crippen molar-refractivity contribution in [1.82, 2.24) is 9.80 Å². The van der Waals surface area contributed by atoms with Gasteiger partial charge in [0.15, 0.2) is 0 Å². The molecule has 0 aromatic carbocycles. The maximum atomic E-state index is 6.00. The number of nitrogens with two attached hydrogens (primary N) is 1. The second kappa shape index (κ2) is 6.46. The van der Waals surface area contributed by atoms with Crippen molar-refractivity contribution in [2.24, 2.45) is 11.7 Å². The van der Waals surface area contributed by atoms with E-state index in [1.54, 1.807) is 0 Å². The summed E-state index contributed by atoms with van der Waals surface area (Å²) in [5.74, 6) is 0.834. The molecule has 0 aromatic rings. The van der Waals surface area contributed by atoms with Gasteiger partial charge in [-0.2, -0.15) is 0 Å². The lowest BCUT2D eigenvalue weighted by atomic mass is 9.86. The Morgan fingerprint density at radius 1 is 1.13 bits per heavy atom. The first kappa shape index (κ1) is 12.9. The van der Waals surface area contributed by atoms with Crippen molar-refractivity contribution >= 4 is 0 Å². The third kappa shape index (κ3) is 5.50. The van der Waals surface area contributed by atoms with Crippen LogP contribution in [0.2, 0.25) is 0 Å². The molecule has 3 nitrogen and oxygen atoms in total. The van der Waals surface area contributed by atoms with Gasteiger partial charge in [0.1, 0.15) is 0 Å². The largest absolute Gasteiger partial charge is 0.328 e. The third-order valence-electron chi connectivity index (χ3n) is 3.32. The summed E-state index contributed by atoms with van der Waals surface area (Å²) in [5, 5.41) is 0. The summed E-state index contributed by atoms with van der Waals surface area (Å²) in [6.45, 7) is 3.54. The second-order valence-corrected chi connectivity index (χ2v) is 5.36. The van der Waals surface area contributed by atoms with Crippen LogP contribution in [0.4, 0.5) is 0 Å². The van der Waals surface area contributed by atoms with Gasteiger partial charge < -0.3 is 15.5 Å². The molecule has 0 bridgehead atoms. The standard InChI is InChI=1S/C12H27N3/c1-14(2)7-8-15(3)10-11-5-4-6-12(13)9-11/h11-12H,4-10,13H2,1-3H3. The van der Waals surface area contributed by atoms with Crippen LogP contribution in [0.1, 0.15) is 25.7 Å². The van der Waals surface area contributed by atoms with E-state index in [1.807, 2.05) is 0 Å². The topological polar surface area (TPSA) is 32.5 Å². The van der Waals surface area contributed by atoms with Crippen LogP contribution in [0.15, 0.2) is 0 Å². The van der Waals surface area contributed by atoms with Crippen LogP contribution in [-0.2, 0) is 0 Å². The molecule has 0 aromatic heterocycles. The molecule has 1 aliphatic carbocycles. The lowest BCUT2D eigenvalue weighted by Gasteiger charge is -2.30. The molecule has 1 saturated carbocycles. The minimum atomic E-state index is 0.464. The first-order chi connectivity index (χ1) is 7.08. The van der Waals surface area contributed by atoms with E-state index in [1.165, 1.54) is 38.8 Å². The number of rotatable bonds is 5. The van der Waals surface area contributed by atoms with Gasteiger partial charge in [0, 0.05) is 25.7 Å². The van der Waals surface area contributed by atoms with Gasteiger partial charge in [0.25, 0.3) is 0 Å². The van der Waals surface area contributed by atoms with Crippen molar-refractivity contribution in [1.29, 1.82) is 0 Å². The summed E-state index contributed by atoms with van der Waals surface area (Å²) in [4.78, 5) is 4.69. The quantitative estimate of drug-likeness (QED) is 0.739. The fourth-order valence-corrected chi connectivity index (χ4v) is 2.40. The Kier molecular flexibility index (Phi) is 5.58. The van der Waals surface area contributed by atoms with Gasteiger partial charge in [0.2, 0.25) is 0 Å². The van der Waals surface area contributed by atoms with Crippen LogP contribution in [0.3, 0.4) is 0 Å². The van der Waals surface area contributed by atoms with Crippen LogP contribution >= 0.6 is 0 Å². The Labute approximate surface area is 94.6 Å². The van der Waals surface area contributed by atoms with Gasteiger partial charge in [-0.3, -0.25) is 0 Å². The predicted octanol–water partition coefficient (Wildman–Crippen LogP) is 0.997. The van der Waals surface area contributed by atoms with Crippen molar-refractivity contribution in [3.05, 3.63) is 0 Å². The Balaban J connectivity index is 2.16. The molecule has 0 spiro atoms. The highest BCUT2D eigenvalue weighted by atomic mass is 15.1. The summed E-state index contributed by atoms with van der Waals surface area (Å²) in [7, 11) is 6.48. The van der Waals surface area contributed by atoms with Crippen LogP contribution in [0, 0.1) is 5.92 Å². The van der Waals surface area contributed by atoms with Crippen LogP contribution in [-0.4, -0.2) is 56.6 Å². The molecule has 2 atom stereocenters. The molecule has 1 fully saturated rings. The molecular formula is C12H27N3. The first-order valence-corrected chi connectivity index (χ1v) is 6.16. The maximum Gasteiger partial charge on any atom is 0.0106 e. The molecule has 0 heterocycles. The number of hydrogen-bond donors (Lipinski definition) is 1. The van der Waals surface area contributed by atoms with Crippen molar-refractivity contribution in [2.75, 3.05) is 40.8 Å². The highest BCUT2D eigenvalue weighted by molar-refractivity contribution is 4.76. The summed E-state index contributed by atoms with van der Waals surface area (Å²) in [5.41, 5.74) is 6.00. The zero-order chi connectivity index (χ0) is 11.3. The first-order valence-electron chi connectivity index (χ1n) is 6.16. The summed E-state index contributed by atoms with van der Waals surface area (Å²) >= 11 is 0. The summed E-state index contributed by atoms with van der Waals surface area (Å²) < 4.78 is 0. The zero-order valence-corrected chi connectivity index (χ0v) is 10.6. The Morgan fingerprint density at radius 3 is 2.47 bits per heavy atom. The maximum absolute atomic E-state index is 6.00. The molecule has 1 rings (SSSR count). The average molecular weight is 213 g/mol. The van der Waals surface area contributed by atoms with Crippen LogP contribution < -0.4 is 5.73 Å². The molecule has 15 heavy (non-hydrogen) atoms. The van der Waals surface area contributed by atoms with E-state index in [-0.39, 0.29) is 0 Å². The van der Waals surface area contributed by atoms with E-state index >= 15 is 0 Å². The smallest absolute Gasteiger partial charge is 0.0106 e. The minimum Gasteiger partial charge on any atom is -0.328 e. The van der Waals surface area contributed by atoms with Gasteiger partial charge >= 0.3 is 0 Å². The predicted molar refractivity (Wildman–Crippen MR) is 66.0 cm³/mol. The molecule has 3 heteroatoms. The number of hydrogen-bond acceptors (Lipinski definition) is 3. The lowest BCUT2D eigenvalue weighted by Crippen LogP contribution is -2.36. The lowest BCUT2D eigenvalue weighted by molar-refractivity contribution is 0.207. The van der Waals surface area contributed by atoms with Gasteiger partial charge in [-0.1, -0.05) is 6.42 Å². The van der Waals surface area contributed by atoms with E-state index in [0.717, 1.165) is 12.5 Å². The summed E-state index contributed by atoms with van der Waals surface area (Å²) in [6, 6.07) is 0.464. The van der Waals surface area contributed by atoms with E-state index in [4.69, 9.17) is 5.73 Å². The molecule has 2 unspecified atom stereocenters. The molecule has 0 aliphatic heterocycles. The van der Waals surface area contributed by atoms with Gasteiger partial charge in [0.05, 0.1) is 0 Å². The Hall–Kier alpha value is -0.120. The van der Waals surface area contributed by atoms with Crippen molar-refractivity contribution in [3.8, 4) is 0 Å². The monoisotopic (exact) mass is 213 g/mol. The molecule has 0 saturated heterocycles. The van der Waals surface area contributed by atoms with Crippen LogP contribution in [0.25, 0.3) is 0 Å².